The van der Waals surface area contributed by atoms with Gasteiger partial charge in [-0.3, -0.25) is 9.59 Å². The summed E-state index contributed by atoms with van der Waals surface area (Å²) in [6.45, 7) is 0. The molecule has 0 saturated carbocycles. The Morgan fingerprint density at radius 1 is 1.20 bits per heavy atom. The number of pyridine rings is 1. The molecular weight excluding hydrogens is 320 g/mol. The summed E-state index contributed by atoms with van der Waals surface area (Å²) in [4.78, 5) is 27.0. The number of hydrogen-bond acceptors (Lipinski definition) is 4. The molecule has 4 rings (SSSR count). The van der Waals surface area contributed by atoms with Crippen LogP contribution in [0, 0.1) is 5.92 Å². The molecular formula is C19H18N2O4. The Morgan fingerprint density at radius 3 is 2.92 bits per heavy atom. The minimum absolute atomic E-state index is 0.0364. The highest BCUT2D eigenvalue weighted by Gasteiger charge is 2.25. The van der Waals surface area contributed by atoms with Crippen molar-refractivity contribution >= 4 is 17.7 Å². The van der Waals surface area contributed by atoms with Gasteiger partial charge >= 0.3 is 5.97 Å². The summed E-state index contributed by atoms with van der Waals surface area (Å²) in [6, 6.07) is 7.64. The van der Waals surface area contributed by atoms with Crippen LogP contribution in [0.4, 0.5) is 5.82 Å². The summed E-state index contributed by atoms with van der Waals surface area (Å²) in [5, 5.41) is 12.0. The van der Waals surface area contributed by atoms with E-state index in [1.165, 1.54) is 5.56 Å². The van der Waals surface area contributed by atoms with Crippen LogP contribution in [-0.2, 0) is 28.9 Å². The first-order chi connectivity index (χ1) is 12.1. The van der Waals surface area contributed by atoms with E-state index in [9.17, 15) is 14.7 Å². The van der Waals surface area contributed by atoms with Crippen LogP contribution in [-0.4, -0.2) is 22.0 Å². The molecule has 1 unspecified atom stereocenters. The van der Waals surface area contributed by atoms with Gasteiger partial charge in [0.1, 0.15) is 17.3 Å². The van der Waals surface area contributed by atoms with Crippen LogP contribution < -0.4 is 10.1 Å². The summed E-state index contributed by atoms with van der Waals surface area (Å²) in [5.41, 5.74) is 3.12. The van der Waals surface area contributed by atoms with Crippen molar-refractivity contribution in [1.82, 2.24) is 4.98 Å². The van der Waals surface area contributed by atoms with E-state index in [0.717, 1.165) is 17.5 Å². The largest absolute Gasteiger partial charge is 0.481 e. The van der Waals surface area contributed by atoms with Crippen LogP contribution in [0.1, 0.15) is 29.5 Å². The Morgan fingerprint density at radius 2 is 2.08 bits per heavy atom. The Kier molecular flexibility index (Phi) is 3.87. The number of aliphatic carboxylic acids is 1. The molecule has 0 radical (unpaired) electrons. The number of aryl methyl sites for hydroxylation is 1. The van der Waals surface area contributed by atoms with E-state index < -0.39 is 5.97 Å². The van der Waals surface area contributed by atoms with Gasteiger partial charge in [-0.1, -0.05) is 6.07 Å². The SMILES string of the molecule is O=C1CCc2c(Oc3ccc4c(c3)CC(C(=O)O)CC4)ccnc2N1. The van der Waals surface area contributed by atoms with Crippen LogP contribution in [0.2, 0.25) is 0 Å². The van der Waals surface area contributed by atoms with Gasteiger partial charge in [-0.25, -0.2) is 4.98 Å². The summed E-state index contributed by atoms with van der Waals surface area (Å²) in [6.07, 6.45) is 4.62. The van der Waals surface area contributed by atoms with Crippen molar-refractivity contribution in [1.29, 1.82) is 0 Å². The molecule has 1 amide bonds. The highest BCUT2D eigenvalue weighted by molar-refractivity contribution is 5.93. The number of carboxylic acids is 1. The van der Waals surface area contributed by atoms with Gasteiger partial charge in [-0.15, -0.1) is 0 Å². The van der Waals surface area contributed by atoms with E-state index in [4.69, 9.17) is 4.74 Å². The number of amides is 1. The second-order valence-electron chi connectivity index (χ2n) is 6.49. The number of benzene rings is 1. The van der Waals surface area contributed by atoms with Crippen molar-refractivity contribution in [3.8, 4) is 11.5 Å². The monoisotopic (exact) mass is 338 g/mol. The third-order valence-electron chi connectivity index (χ3n) is 4.86. The smallest absolute Gasteiger partial charge is 0.306 e. The maximum absolute atomic E-state index is 11.5. The van der Waals surface area contributed by atoms with Crippen molar-refractivity contribution in [3.63, 3.8) is 0 Å². The summed E-state index contributed by atoms with van der Waals surface area (Å²) in [7, 11) is 0. The molecule has 0 spiro atoms. The van der Waals surface area contributed by atoms with Crippen molar-refractivity contribution in [2.24, 2.45) is 5.92 Å². The molecule has 2 N–H and O–H groups in total. The van der Waals surface area contributed by atoms with Gasteiger partial charge in [0, 0.05) is 18.2 Å². The van der Waals surface area contributed by atoms with E-state index in [1.54, 1.807) is 12.3 Å². The molecule has 6 heteroatoms. The molecule has 1 aliphatic carbocycles. The van der Waals surface area contributed by atoms with E-state index in [1.807, 2.05) is 18.2 Å². The number of anilines is 1. The molecule has 2 aromatic rings. The summed E-state index contributed by atoms with van der Waals surface area (Å²) < 4.78 is 6.04. The van der Waals surface area contributed by atoms with Crippen LogP contribution in [0.5, 0.6) is 11.5 Å². The normalized spacial score (nSPS) is 18.7. The number of nitrogens with one attached hydrogen (secondary N) is 1. The first-order valence-electron chi connectivity index (χ1n) is 8.40. The van der Waals surface area contributed by atoms with Crippen molar-refractivity contribution in [3.05, 3.63) is 47.2 Å². The quantitative estimate of drug-likeness (QED) is 0.898. The topological polar surface area (TPSA) is 88.5 Å². The fourth-order valence-electron chi connectivity index (χ4n) is 3.49. The van der Waals surface area contributed by atoms with Crippen molar-refractivity contribution < 1.29 is 19.4 Å². The Labute approximate surface area is 144 Å². The minimum atomic E-state index is -0.740. The predicted molar refractivity (Wildman–Crippen MR) is 90.9 cm³/mol. The molecule has 1 aliphatic heterocycles. The van der Waals surface area contributed by atoms with Gasteiger partial charge in [0.25, 0.3) is 0 Å². The lowest BCUT2D eigenvalue weighted by atomic mass is 9.84. The van der Waals surface area contributed by atoms with Gasteiger partial charge in [0.05, 0.1) is 5.92 Å². The molecule has 25 heavy (non-hydrogen) atoms. The molecule has 6 nitrogen and oxygen atoms in total. The number of rotatable bonds is 3. The van der Waals surface area contributed by atoms with Crippen molar-refractivity contribution in [2.45, 2.75) is 32.1 Å². The fourth-order valence-corrected chi connectivity index (χ4v) is 3.49. The molecule has 2 heterocycles. The number of carbonyl (C=O) groups is 2. The lowest BCUT2D eigenvalue weighted by Gasteiger charge is -2.23. The number of aromatic nitrogens is 1. The lowest BCUT2D eigenvalue weighted by Crippen LogP contribution is -2.22. The van der Waals surface area contributed by atoms with Crippen LogP contribution >= 0.6 is 0 Å². The summed E-state index contributed by atoms with van der Waals surface area (Å²) in [5.74, 6) is 0.802. The summed E-state index contributed by atoms with van der Waals surface area (Å²) >= 11 is 0. The number of carbonyl (C=O) groups excluding carboxylic acids is 1. The third kappa shape index (κ3) is 3.07. The number of hydrogen-bond donors (Lipinski definition) is 2. The van der Waals surface area contributed by atoms with Crippen LogP contribution in [0.3, 0.4) is 0 Å². The van der Waals surface area contributed by atoms with Crippen LogP contribution in [0.25, 0.3) is 0 Å². The number of nitrogens with zero attached hydrogens (tertiary/aromatic N) is 1. The molecule has 0 bridgehead atoms. The van der Waals surface area contributed by atoms with Gasteiger partial charge in [0.15, 0.2) is 0 Å². The highest BCUT2D eigenvalue weighted by atomic mass is 16.5. The first-order valence-corrected chi connectivity index (χ1v) is 8.40. The zero-order chi connectivity index (χ0) is 17.4. The predicted octanol–water partition coefficient (Wildman–Crippen LogP) is 2.95. The van der Waals surface area contributed by atoms with E-state index >= 15 is 0 Å². The Bertz CT molecular complexity index is 862. The molecule has 2 aliphatic rings. The number of fused-ring (bicyclic) bond motifs is 2. The second kappa shape index (κ2) is 6.20. The molecule has 1 aromatic heterocycles. The zero-order valence-electron chi connectivity index (χ0n) is 13.6. The lowest BCUT2D eigenvalue weighted by molar-refractivity contribution is -0.142. The molecule has 1 aromatic carbocycles. The van der Waals surface area contributed by atoms with Gasteiger partial charge in [0.2, 0.25) is 5.91 Å². The standard InChI is InChI=1S/C19H18N2O4/c22-17-6-5-15-16(7-8-20-18(15)21-17)25-14-4-3-11-1-2-12(19(23)24)9-13(11)10-14/h3-4,7-8,10,12H,1-2,5-6,9H2,(H,23,24)(H,20,21,22). The molecule has 0 fully saturated rings. The maximum atomic E-state index is 11.5. The van der Waals surface area contributed by atoms with E-state index in [-0.39, 0.29) is 11.8 Å². The number of carboxylic acid groups (broad SMARTS) is 1. The average Bonchev–Trinajstić information content (AvgIpc) is 2.61. The van der Waals surface area contributed by atoms with E-state index in [0.29, 0.717) is 43.0 Å². The number of ether oxygens (including phenoxy) is 1. The van der Waals surface area contributed by atoms with Gasteiger partial charge in [-0.2, -0.15) is 0 Å². The Balaban J connectivity index is 1.60. The molecule has 0 saturated heterocycles. The average molecular weight is 338 g/mol. The minimum Gasteiger partial charge on any atom is -0.481 e. The highest BCUT2D eigenvalue weighted by Crippen LogP contribution is 2.34. The molecule has 128 valence electrons. The van der Waals surface area contributed by atoms with Crippen molar-refractivity contribution in [2.75, 3.05) is 5.32 Å². The van der Waals surface area contributed by atoms with Gasteiger partial charge in [-0.05, 0) is 55.0 Å². The second-order valence-corrected chi connectivity index (χ2v) is 6.49. The van der Waals surface area contributed by atoms with E-state index in [2.05, 4.69) is 10.3 Å². The third-order valence-corrected chi connectivity index (χ3v) is 4.86. The fraction of sp³-hybridized carbons (Fsp3) is 0.316. The van der Waals surface area contributed by atoms with Crippen LogP contribution in [0.15, 0.2) is 30.5 Å². The first kappa shape index (κ1) is 15.6. The zero-order valence-corrected chi connectivity index (χ0v) is 13.6. The maximum Gasteiger partial charge on any atom is 0.306 e. The van der Waals surface area contributed by atoms with Gasteiger partial charge < -0.3 is 15.2 Å². The Hall–Kier alpha value is -2.89. The molecule has 1 atom stereocenters.